The Morgan fingerprint density at radius 1 is 1.29 bits per heavy atom. The van der Waals surface area contributed by atoms with Gasteiger partial charge in [0, 0.05) is 19.2 Å². The fourth-order valence-corrected chi connectivity index (χ4v) is 2.00. The number of amidine groups is 1. The Kier molecular flexibility index (Phi) is 4.61. The van der Waals surface area contributed by atoms with Gasteiger partial charge in [-0.2, -0.15) is 0 Å². The highest BCUT2D eigenvalue weighted by atomic mass is 16.5. The predicted molar refractivity (Wildman–Crippen MR) is 81.8 cm³/mol. The summed E-state index contributed by atoms with van der Waals surface area (Å²) < 4.78 is 5.34. The number of anilines is 1. The smallest absolute Gasteiger partial charge is 0.188 e. The molecule has 0 aliphatic heterocycles. The molecule has 6 nitrogen and oxygen atoms in total. The summed E-state index contributed by atoms with van der Waals surface area (Å²) in [6.45, 7) is 0.636. The first kappa shape index (κ1) is 14.6. The molecule has 2 rings (SSSR count). The van der Waals surface area contributed by atoms with E-state index in [2.05, 4.69) is 10.1 Å². The number of hydrogen-bond acceptors (Lipinski definition) is 5. The van der Waals surface area contributed by atoms with Crippen LogP contribution in [0.2, 0.25) is 0 Å². The van der Waals surface area contributed by atoms with Gasteiger partial charge in [-0.15, -0.1) is 0 Å². The van der Waals surface area contributed by atoms with E-state index in [1.54, 1.807) is 13.2 Å². The van der Waals surface area contributed by atoms with Crippen LogP contribution >= 0.6 is 0 Å². The summed E-state index contributed by atoms with van der Waals surface area (Å²) in [4.78, 5) is 6.33. The lowest BCUT2D eigenvalue weighted by molar-refractivity contribution is 0.318. The lowest BCUT2D eigenvalue weighted by Gasteiger charge is -2.20. The molecule has 0 amide bonds. The molecule has 0 saturated carbocycles. The largest absolute Gasteiger partial charge is 0.496 e. The number of aromatic nitrogens is 1. The Morgan fingerprint density at radius 3 is 2.76 bits per heavy atom. The molecule has 0 unspecified atom stereocenters. The summed E-state index contributed by atoms with van der Waals surface area (Å²) >= 11 is 0. The standard InChI is InChI=1S/C15H18N4O2/c1-19(10-11-6-3-4-8-13(11)21-2)14-9-5-7-12(17-14)15(16)18-20/h3-9,20H,10H2,1-2H3,(H2,16,18). The van der Waals surface area contributed by atoms with Crippen LogP contribution in [0.4, 0.5) is 5.82 Å². The minimum absolute atomic E-state index is 0.0115. The highest BCUT2D eigenvalue weighted by Crippen LogP contribution is 2.21. The molecule has 1 aromatic heterocycles. The molecule has 0 aliphatic carbocycles. The second-order valence-electron chi connectivity index (χ2n) is 4.53. The van der Waals surface area contributed by atoms with E-state index in [1.807, 2.05) is 48.3 Å². The van der Waals surface area contributed by atoms with E-state index in [-0.39, 0.29) is 5.84 Å². The van der Waals surface area contributed by atoms with Gasteiger partial charge in [0.1, 0.15) is 17.3 Å². The third-order valence-electron chi connectivity index (χ3n) is 3.10. The van der Waals surface area contributed by atoms with Crippen molar-refractivity contribution in [3.8, 4) is 5.75 Å². The quantitative estimate of drug-likeness (QED) is 0.379. The van der Waals surface area contributed by atoms with Crippen molar-refractivity contribution in [1.29, 1.82) is 0 Å². The van der Waals surface area contributed by atoms with Gasteiger partial charge in [0.05, 0.1) is 7.11 Å². The molecule has 6 heteroatoms. The van der Waals surface area contributed by atoms with Gasteiger partial charge >= 0.3 is 0 Å². The highest BCUT2D eigenvalue weighted by Gasteiger charge is 2.09. The fourth-order valence-electron chi connectivity index (χ4n) is 2.00. The molecule has 21 heavy (non-hydrogen) atoms. The Hall–Kier alpha value is -2.76. The Labute approximate surface area is 123 Å². The zero-order chi connectivity index (χ0) is 15.2. The van der Waals surface area contributed by atoms with Crippen LogP contribution in [0.1, 0.15) is 11.3 Å². The predicted octanol–water partition coefficient (Wildman–Crippen LogP) is 1.82. The van der Waals surface area contributed by atoms with Crippen molar-refractivity contribution in [3.05, 3.63) is 53.7 Å². The van der Waals surface area contributed by atoms with Gasteiger partial charge in [-0.25, -0.2) is 4.98 Å². The first-order valence-corrected chi connectivity index (χ1v) is 6.43. The molecular formula is C15H18N4O2. The van der Waals surface area contributed by atoms with Gasteiger partial charge in [0.15, 0.2) is 5.84 Å². The van der Waals surface area contributed by atoms with Crippen molar-refractivity contribution in [2.75, 3.05) is 19.1 Å². The average Bonchev–Trinajstić information content (AvgIpc) is 2.54. The van der Waals surface area contributed by atoms with Crippen molar-refractivity contribution >= 4 is 11.7 Å². The summed E-state index contributed by atoms with van der Waals surface area (Å²) in [5.74, 6) is 1.55. The van der Waals surface area contributed by atoms with Gasteiger partial charge in [0.25, 0.3) is 0 Å². The van der Waals surface area contributed by atoms with Crippen LogP contribution in [-0.4, -0.2) is 30.2 Å². The molecule has 1 heterocycles. The van der Waals surface area contributed by atoms with Gasteiger partial charge < -0.3 is 20.6 Å². The number of hydrogen-bond donors (Lipinski definition) is 2. The lowest BCUT2D eigenvalue weighted by atomic mass is 10.2. The number of ether oxygens (including phenoxy) is 1. The molecule has 2 aromatic rings. The first-order valence-electron chi connectivity index (χ1n) is 6.43. The molecule has 3 N–H and O–H groups in total. The van der Waals surface area contributed by atoms with Crippen molar-refractivity contribution in [2.45, 2.75) is 6.54 Å². The number of nitrogens with two attached hydrogens (primary N) is 1. The third-order valence-corrected chi connectivity index (χ3v) is 3.10. The van der Waals surface area contributed by atoms with E-state index in [0.717, 1.165) is 17.1 Å². The van der Waals surface area contributed by atoms with E-state index in [1.165, 1.54) is 0 Å². The summed E-state index contributed by atoms with van der Waals surface area (Å²) in [5, 5.41) is 11.7. The Balaban J connectivity index is 2.22. The fraction of sp³-hybridized carbons (Fsp3) is 0.200. The van der Waals surface area contributed by atoms with E-state index in [9.17, 15) is 0 Å². The van der Waals surface area contributed by atoms with E-state index in [0.29, 0.717) is 12.2 Å². The SMILES string of the molecule is COc1ccccc1CN(C)c1cccc(C(N)=NO)n1. The number of oxime groups is 1. The number of pyridine rings is 1. The summed E-state index contributed by atoms with van der Waals surface area (Å²) in [6.07, 6.45) is 0. The Morgan fingerprint density at radius 2 is 2.05 bits per heavy atom. The van der Waals surface area contributed by atoms with E-state index < -0.39 is 0 Å². The van der Waals surface area contributed by atoms with E-state index in [4.69, 9.17) is 15.7 Å². The minimum atomic E-state index is -0.0115. The maximum atomic E-state index is 8.71. The molecule has 0 atom stereocenters. The van der Waals surface area contributed by atoms with Crippen LogP contribution in [0.3, 0.4) is 0 Å². The lowest BCUT2D eigenvalue weighted by Crippen LogP contribution is -2.21. The zero-order valence-electron chi connectivity index (χ0n) is 12.0. The summed E-state index contributed by atoms with van der Waals surface area (Å²) in [7, 11) is 3.57. The topological polar surface area (TPSA) is 84.0 Å². The molecule has 0 radical (unpaired) electrons. The normalized spacial score (nSPS) is 11.2. The van der Waals surface area contributed by atoms with Crippen LogP contribution < -0.4 is 15.4 Å². The molecule has 0 bridgehead atoms. The molecule has 0 spiro atoms. The molecule has 110 valence electrons. The van der Waals surface area contributed by atoms with Crippen LogP contribution in [0.15, 0.2) is 47.6 Å². The number of para-hydroxylation sites is 1. The number of nitrogens with zero attached hydrogens (tertiary/aromatic N) is 3. The van der Waals surface area contributed by atoms with Gasteiger partial charge in [-0.05, 0) is 18.2 Å². The summed E-state index contributed by atoms with van der Waals surface area (Å²) in [6, 6.07) is 13.2. The van der Waals surface area contributed by atoms with Crippen LogP contribution in [0.25, 0.3) is 0 Å². The maximum absolute atomic E-state index is 8.71. The Bertz CT molecular complexity index is 643. The average molecular weight is 286 g/mol. The minimum Gasteiger partial charge on any atom is -0.496 e. The third kappa shape index (κ3) is 3.42. The van der Waals surface area contributed by atoms with Crippen LogP contribution in [0, 0.1) is 0 Å². The van der Waals surface area contributed by atoms with E-state index >= 15 is 0 Å². The molecule has 0 fully saturated rings. The maximum Gasteiger partial charge on any atom is 0.188 e. The second kappa shape index (κ2) is 6.60. The highest BCUT2D eigenvalue weighted by molar-refractivity contribution is 5.95. The molecular weight excluding hydrogens is 268 g/mol. The molecule has 0 saturated heterocycles. The zero-order valence-corrected chi connectivity index (χ0v) is 12.0. The van der Waals surface area contributed by atoms with Crippen molar-refractivity contribution in [3.63, 3.8) is 0 Å². The number of methoxy groups -OCH3 is 1. The van der Waals surface area contributed by atoms with Crippen LogP contribution in [0.5, 0.6) is 5.75 Å². The van der Waals surface area contributed by atoms with Crippen molar-refractivity contribution in [1.82, 2.24) is 4.98 Å². The molecule has 1 aromatic carbocycles. The number of benzene rings is 1. The monoisotopic (exact) mass is 286 g/mol. The summed E-state index contributed by atoms with van der Waals surface area (Å²) in [5.41, 5.74) is 7.05. The molecule has 0 aliphatic rings. The van der Waals surface area contributed by atoms with Gasteiger partial charge in [0.2, 0.25) is 0 Å². The first-order chi connectivity index (χ1) is 10.2. The van der Waals surface area contributed by atoms with Gasteiger partial charge in [-0.1, -0.05) is 29.4 Å². The van der Waals surface area contributed by atoms with Crippen LogP contribution in [-0.2, 0) is 6.54 Å². The van der Waals surface area contributed by atoms with Crippen molar-refractivity contribution in [2.24, 2.45) is 10.9 Å². The number of rotatable bonds is 5. The second-order valence-corrected chi connectivity index (χ2v) is 4.53. The van der Waals surface area contributed by atoms with Gasteiger partial charge in [-0.3, -0.25) is 0 Å². The van der Waals surface area contributed by atoms with Crippen molar-refractivity contribution < 1.29 is 9.94 Å².